The number of rotatable bonds is 8. The molecule has 0 spiro atoms. The average molecular weight is 397 g/mol. The Morgan fingerprint density at radius 1 is 1.11 bits per heavy atom. The number of anilines is 1. The molecule has 0 unspecified atom stereocenters. The van der Waals surface area contributed by atoms with Crippen molar-refractivity contribution in [1.29, 1.82) is 0 Å². The second kappa shape index (κ2) is 9.48. The Kier molecular flexibility index (Phi) is 6.79. The maximum Gasteiger partial charge on any atom is 0.264 e. The van der Waals surface area contributed by atoms with Crippen molar-refractivity contribution in [3.8, 4) is 17.0 Å². The lowest BCUT2D eigenvalue weighted by molar-refractivity contribution is -0.118. The largest absolute Gasteiger partial charge is 0.484 e. The van der Waals surface area contributed by atoms with Gasteiger partial charge in [0, 0.05) is 18.1 Å². The minimum Gasteiger partial charge on any atom is -0.484 e. The highest BCUT2D eigenvalue weighted by Gasteiger charge is 2.09. The summed E-state index contributed by atoms with van der Waals surface area (Å²) in [6.45, 7) is 4.66. The van der Waals surface area contributed by atoms with Gasteiger partial charge in [0.15, 0.2) is 11.7 Å². The van der Waals surface area contributed by atoms with Gasteiger partial charge in [-0.25, -0.2) is 4.98 Å². The number of ether oxygens (including phenoxy) is 2. The molecule has 0 aliphatic carbocycles. The van der Waals surface area contributed by atoms with Crippen molar-refractivity contribution >= 4 is 22.4 Å². The molecular formula is C22H24N2O3S. The fourth-order valence-electron chi connectivity index (χ4n) is 2.85. The summed E-state index contributed by atoms with van der Waals surface area (Å²) in [5.41, 5.74) is 5.29. The number of carbonyl (C=O) groups excluding carboxylic acids is 1. The van der Waals surface area contributed by atoms with Gasteiger partial charge in [-0.05, 0) is 49.1 Å². The Morgan fingerprint density at radius 3 is 2.50 bits per heavy atom. The van der Waals surface area contributed by atoms with Gasteiger partial charge in [-0.3, -0.25) is 10.1 Å². The quantitative estimate of drug-likeness (QED) is 0.603. The molecule has 146 valence electrons. The maximum atomic E-state index is 12.2. The van der Waals surface area contributed by atoms with E-state index in [0.717, 1.165) is 28.8 Å². The van der Waals surface area contributed by atoms with Crippen molar-refractivity contribution in [1.82, 2.24) is 4.98 Å². The van der Waals surface area contributed by atoms with E-state index in [0.29, 0.717) is 17.5 Å². The number of benzene rings is 2. The molecule has 0 atom stereocenters. The van der Waals surface area contributed by atoms with Crippen LogP contribution in [0, 0.1) is 13.8 Å². The van der Waals surface area contributed by atoms with Gasteiger partial charge in [-0.1, -0.05) is 30.3 Å². The van der Waals surface area contributed by atoms with E-state index in [1.165, 1.54) is 16.9 Å². The van der Waals surface area contributed by atoms with E-state index in [4.69, 9.17) is 9.47 Å². The molecule has 5 nitrogen and oxygen atoms in total. The number of aryl methyl sites for hydroxylation is 2. The van der Waals surface area contributed by atoms with Crippen molar-refractivity contribution in [3.63, 3.8) is 0 Å². The normalized spacial score (nSPS) is 10.7. The first-order chi connectivity index (χ1) is 13.5. The summed E-state index contributed by atoms with van der Waals surface area (Å²) in [5, 5.41) is 5.30. The molecule has 0 aliphatic rings. The first kappa shape index (κ1) is 20.0. The number of hydrogen-bond donors (Lipinski definition) is 1. The first-order valence-corrected chi connectivity index (χ1v) is 9.96. The molecule has 0 saturated carbocycles. The van der Waals surface area contributed by atoms with Gasteiger partial charge < -0.3 is 9.47 Å². The van der Waals surface area contributed by atoms with Crippen LogP contribution in [-0.4, -0.2) is 31.2 Å². The Balaban J connectivity index is 1.55. The number of amides is 1. The van der Waals surface area contributed by atoms with E-state index >= 15 is 0 Å². The fraction of sp³-hybridized carbons (Fsp3) is 0.273. The standard InChI is InChI=1S/C22H24N2O3S/c1-15-10-16(2)12-19(11-15)27-13-21(25)24-22-23-20(14-28-22)18-6-4-17(5-7-18)8-9-26-3/h4-7,10-12,14H,8-9,13H2,1-3H3,(H,23,24,25). The monoisotopic (exact) mass is 396 g/mol. The fourth-order valence-corrected chi connectivity index (χ4v) is 3.58. The number of methoxy groups -OCH3 is 1. The summed E-state index contributed by atoms with van der Waals surface area (Å²) in [5.74, 6) is 0.469. The Morgan fingerprint density at radius 2 is 1.82 bits per heavy atom. The van der Waals surface area contributed by atoms with E-state index < -0.39 is 0 Å². The molecule has 0 aliphatic heterocycles. The zero-order valence-electron chi connectivity index (χ0n) is 16.3. The van der Waals surface area contributed by atoms with Gasteiger partial charge in [0.1, 0.15) is 5.75 Å². The predicted octanol–water partition coefficient (Wildman–Crippen LogP) is 4.63. The van der Waals surface area contributed by atoms with Crippen molar-refractivity contribution < 1.29 is 14.3 Å². The van der Waals surface area contributed by atoms with E-state index in [-0.39, 0.29) is 12.5 Å². The predicted molar refractivity (Wildman–Crippen MR) is 113 cm³/mol. The van der Waals surface area contributed by atoms with Crippen molar-refractivity contribution in [3.05, 3.63) is 64.5 Å². The molecule has 28 heavy (non-hydrogen) atoms. The number of aromatic nitrogens is 1. The first-order valence-electron chi connectivity index (χ1n) is 9.08. The van der Waals surface area contributed by atoms with E-state index in [2.05, 4.69) is 28.5 Å². The lowest BCUT2D eigenvalue weighted by Crippen LogP contribution is -2.20. The molecule has 0 fully saturated rings. The van der Waals surface area contributed by atoms with Crippen LogP contribution in [0.4, 0.5) is 5.13 Å². The third-order valence-electron chi connectivity index (χ3n) is 4.16. The SMILES string of the molecule is COCCc1ccc(-c2csc(NC(=O)COc3cc(C)cc(C)c3)n2)cc1. The van der Waals surface area contributed by atoms with Crippen LogP contribution < -0.4 is 10.1 Å². The smallest absolute Gasteiger partial charge is 0.264 e. The van der Waals surface area contributed by atoms with E-state index in [9.17, 15) is 4.79 Å². The second-order valence-electron chi connectivity index (χ2n) is 6.64. The second-order valence-corrected chi connectivity index (χ2v) is 7.50. The maximum absolute atomic E-state index is 12.2. The van der Waals surface area contributed by atoms with Crippen molar-refractivity contribution in [2.75, 3.05) is 25.6 Å². The number of nitrogens with zero attached hydrogens (tertiary/aromatic N) is 1. The minimum absolute atomic E-state index is 0.0496. The molecule has 0 bridgehead atoms. The molecule has 6 heteroatoms. The highest BCUT2D eigenvalue weighted by Crippen LogP contribution is 2.25. The number of carbonyl (C=O) groups is 1. The third kappa shape index (κ3) is 5.65. The van der Waals surface area contributed by atoms with Crippen LogP contribution in [0.15, 0.2) is 47.8 Å². The molecule has 3 aromatic rings. The summed E-state index contributed by atoms with van der Waals surface area (Å²) in [6.07, 6.45) is 0.885. The van der Waals surface area contributed by atoms with Crippen molar-refractivity contribution in [2.24, 2.45) is 0 Å². The molecule has 1 amide bonds. The van der Waals surface area contributed by atoms with E-state index in [1.807, 2.05) is 43.5 Å². The topological polar surface area (TPSA) is 60.5 Å². The van der Waals surface area contributed by atoms with Gasteiger partial charge >= 0.3 is 0 Å². The molecular weight excluding hydrogens is 372 g/mol. The highest BCUT2D eigenvalue weighted by molar-refractivity contribution is 7.14. The summed E-state index contributed by atoms with van der Waals surface area (Å²) in [4.78, 5) is 16.7. The van der Waals surface area contributed by atoms with Gasteiger partial charge in [-0.2, -0.15) is 0 Å². The van der Waals surface area contributed by atoms with Gasteiger partial charge in [0.25, 0.3) is 5.91 Å². The van der Waals surface area contributed by atoms with Crippen molar-refractivity contribution in [2.45, 2.75) is 20.3 Å². The Bertz CT molecular complexity index is 915. The zero-order valence-corrected chi connectivity index (χ0v) is 17.1. The number of nitrogens with one attached hydrogen (secondary N) is 1. The molecule has 1 N–H and O–H groups in total. The molecule has 0 radical (unpaired) electrons. The molecule has 3 rings (SSSR count). The van der Waals surface area contributed by atoms with Crippen LogP contribution in [0.25, 0.3) is 11.3 Å². The Hall–Kier alpha value is -2.70. The summed E-state index contributed by atoms with van der Waals surface area (Å²) in [7, 11) is 1.70. The average Bonchev–Trinajstić information content (AvgIpc) is 3.13. The summed E-state index contributed by atoms with van der Waals surface area (Å²) < 4.78 is 10.7. The van der Waals surface area contributed by atoms with Crippen LogP contribution in [0.5, 0.6) is 5.75 Å². The molecule has 2 aromatic carbocycles. The molecule has 1 aromatic heterocycles. The number of hydrogen-bond acceptors (Lipinski definition) is 5. The van der Waals surface area contributed by atoms with Gasteiger partial charge in [0.05, 0.1) is 12.3 Å². The van der Waals surface area contributed by atoms with Crippen LogP contribution in [0.2, 0.25) is 0 Å². The van der Waals surface area contributed by atoms with Crippen LogP contribution in [-0.2, 0) is 16.0 Å². The lowest BCUT2D eigenvalue weighted by Gasteiger charge is -2.07. The third-order valence-corrected chi connectivity index (χ3v) is 4.92. The van der Waals surface area contributed by atoms with Gasteiger partial charge in [0.2, 0.25) is 0 Å². The van der Waals surface area contributed by atoms with Crippen LogP contribution >= 0.6 is 11.3 Å². The molecule has 1 heterocycles. The van der Waals surface area contributed by atoms with Crippen LogP contribution in [0.3, 0.4) is 0 Å². The van der Waals surface area contributed by atoms with E-state index in [1.54, 1.807) is 7.11 Å². The van der Waals surface area contributed by atoms with Gasteiger partial charge in [-0.15, -0.1) is 11.3 Å². The lowest BCUT2D eigenvalue weighted by atomic mass is 10.1. The Labute approximate surface area is 169 Å². The van der Waals surface area contributed by atoms with Crippen LogP contribution in [0.1, 0.15) is 16.7 Å². The highest BCUT2D eigenvalue weighted by atomic mass is 32.1. The summed E-state index contributed by atoms with van der Waals surface area (Å²) in [6, 6.07) is 14.1. The molecule has 0 saturated heterocycles. The number of thiazole rings is 1. The minimum atomic E-state index is -0.227. The zero-order chi connectivity index (χ0) is 19.9. The summed E-state index contributed by atoms with van der Waals surface area (Å²) >= 11 is 1.40.